The first kappa shape index (κ1) is 16.0. The van der Waals surface area contributed by atoms with Gasteiger partial charge in [-0.1, -0.05) is 12.2 Å². The summed E-state index contributed by atoms with van der Waals surface area (Å²) in [6, 6.07) is 6.82. The topological polar surface area (TPSA) is 95.9 Å². The Labute approximate surface area is 138 Å². The van der Waals surface area contributed by atoms with Crippen molar-refractivity contribution in [3.63, 3.8) is 0 Å². The number of cyclic esters (lactones) is 1. The van der Waals surface area contributed by atoms with Crippen LogP contribution in [0.15, 0.2) is 36.4 Å². The predicted molar refractivity (Wildman–Crippen MR) is 86.8 cm³/mol. The smallest absolute Gasteiger partial charge is 0.414 e. The second-order valence-corrected chi connectivity index (χ2v) is 5.80. The van der Waals surface area contributed by atoms with E-state index >= 15 is 0 Å². The summed E-state index contributed by atoms with van der Waals surface area (Å²) in [6.45, 7) is 0.863. The van der Waals surface area contributed by atoms with Crippen LogP contribution in [0.2, 0.25) is 0 Å². The van der Waals surface area contributed by atoms with Gasteiger partial charge in [0.25, 0.3) is 0 Å². The zero-order chi connectivity index (χ0) is 17.1. The van der Waals surface area contributed by atoms with Crippen molar-refractivity contribution in [2.24, 2.45) is 11.8 Å². The fourth-order valence-corrected chi connectivity index (χ4v) is 2.96. The third-order valence-electron chi connectivity index (χ3n) is 4.29. The van der Waals surface area contributed by atoms with Gasteiger partial charge in [0, 0.05) is 11.4 Å². The molecule has 3 rings (SSSR count). The lowest BCUT2D eigenvalue weighted by atomic mass is 9.82. The van der Waals surface area contributed by atoms with Crippen molar-refractivity contribution < 1.29 is 24.2 Å². The zero-order valence-corrected chi connectivity index (χ0v) is 13.0. The van der Waals surface area contributed by atoms with E-state index in [4.69, 9.17) is 4.74 Å². The Morgan fingerprint density at radius 1 is 1.12 bits per heavy atom. The number of hydrogen-bond donors (Lipinski definition) is 2. The molecule has 1 aliphatic heterocycles. The highest BCUT2D eigenvalue weighted by Gasteiger charge is 2.34. The minimum absolute atomic E-state index is 0.305. The zero-order valence-electron chi connectivity index (χ0n) is 13.0. The summed E-state index contributed by atoms with van der Waals surface area (Å²) in [5.41, 5.74) is 1.26. The molecule has 1 aromatic carbocycles. The monoisotopic (exact) mass is 330 g/mol. The van der Waals surface area contributed by atoms with E-state index in [1.54, 1.807) is 30.3 Å². The third-order valence-corrected chi connectivity index (χ3v) is 4.29. The summed E-state index contributed by atoms with van der Waals surface area (Å²) < 4.78 is 4.88. The van der Waals surface area contributed by atoms with Gasteiger partial charge in [0.15, 0.2) is 0 Å². The standard InChI is InChI=1S/C17H18N2O5/c20-15(13-3-1-2-4-14(13)16(21)22)18-11-5-7-12(8-6-11)19-9-10-24-17(19)23/h1-2,5-8,13-14H,3-4,9-10H2,(H,18,20)(H,21,22)/t13-,14-/m0/s1. The van der Waals surface area contributed by atoms with Crippen LogP contribution < -0.4 is 10.2 Å². The maximum atomic E-state index is 12.4. The van der Waals surface area contributed by atoms with E-state index in [2.05, 4.69) is 5.32 Å². The molecule has 2 N–H and O–H groups in total. The Morgan fingerprint density at radius 2 is 1.79 bits per heavy atom. The van der Waals surface area contributed by atoms with Crippen molar-refractivity contribution in [2.45, 2.75) is 12.8 Å². The molecule has 1 aliphatic carbocycles. The highest BCUT2D eigenvalue weighted by atomic mass is 16.6. The van der Waals surface area contributed by atoms with Gasteiger partial charge in [-0.05, 0) is 37.1 Å². The summed E-state index contributed by atoms with van der Waals surface area (Å²) >= 11 is 0. The largest absolute Gasteiger partial charge is 0.481 e. The van der Waals surface area contributed by atoms with Crippen LogP contribution in [0.25, 0.3) is 0 Å². The number of carboxylic acids is 1. The molecule has 7 nitrogen and oxygen atoms in total. The maximum absolute atomic E-state index is 12.4. The lowest BCUT2D eigenvalue weighted by Gasteiger charge is -2.24. The molecule has 2 aliphatic rings. The van der Waals surface area contributed by atoms with Crippen LogP contribution in [0, 0.1) is 11.8 Å². The highest BCUT2D eigenvalue weighted by molar-refractivity contribution is 5.96. The van der Waals surface area contributed by atoms with Crippen LogP contribution in [-0.4, -0.2) is 36.2 Å². The second-order valence-electron chi connectivity index (χ2n) is 5.80. The minimum atomic E-state index is -0.956. The summed E-state index contributed by atoms with van der Waals surface area (Å²) in [4.78, 5) is 36.7. The Bertz CT molecular complexity index is 683. The Morgan fingerprint density at radius 3 is 2.38 bits per heavy atom. The molecule has 24 heavy (non-hydrogen) atoms. The number of hydrogen-bond acceptors (Lipinski definition) is 4. The number of allylic oxidation sites excluding steroid dienone is 2. The minimum Gasteiger partial charge on any atom is -0.481 e. The average Bonchev–Trinajstić information content (AvgIpc) is 3.01. The number of carbonyl (C=O) groups is 3. The van der Waals surface area contributed by atoms with Crippen LogP contribution in [0.1, 0.15) is 12.8 Å². The number of nitrogens with one attached hydrogen (secondary N) is 1. The molecule has 1 aromatic rings. The predicted octanol–water partition coefficient (Wildman–Crippen LogP) is 2.25. The number of anilines is 2. The van der Waals surface area contributed by atoms with E-state index in [1.165, 1.54) is 4.90 Å². The molecule has 1 fully saturated rings. The van der Waals surface area contributed by atoms with Crippen molar-refractivity contribution in [3.8, 4) is 0 Å². The molecule has 2 atom stereocenters. The summed E-state index contributed by atoms with van der Waals surface area (Å²) in [5, 5.41) is 12.0. The van der Waals surface area contributed by atoms with Crippen LogP contribution in [-0.2, 0) is 14.3 Å². The maximum Gasteiger partial charge on any atom is 0.414 e. The van der Waals surface area contributed by atoms with Gasteiger partial charge in [0.05, 0.1) is 18.4 Å². The lowest BCUT2D eigenvalue weighted by Crippen LogP contribution is -2.34. The van der Waals surface area contributed by atoms with Crippen molar-refractivity contribution in [3.05, 3.63) is 36.4 Å². The van der Waals surface area contributed by atoms with Crippen molar-refractivity contribution >= 4 is 29.3 Å². The van der Waals surface area contributed by atoms with Gasteiger partial charge >= 0.3 is 12.1 Å². The number of carbonyl (C=O) groups excluding carboxylic acids is 2. The van der Waals surface area contributed by atoms with E-state index in [0.717, 1.165) is 0 Å². The molecular weight excluding hydrogens is 312 g/mol. The molecule has 0 bridgehead atoms. The van der Waals surface area contributed by atoms with Gasteiger partial charge in [-0.3, -0.25) is 14.5 Å². The van der Waals surface area contributed by atoms with Crippen LogP contribution in [0.4, 0.5) is 16.2 Å². The first-order chi connectivity index (χ1) is 11.6. The average molecular weight is 330 g/mol. The van der Waals surface area contributed by atoms with Gasteiger partial charge in [-0.2, -0.15) is 0 Å². The Hall–Kier alpha value is -2.83. The molecule has 0 radical (unpaired) electrons. The molecule has 7 heteroatoms. The van der Waals surface area contributed by atoms with E-state index in [9.17, 15) is 19.5 Å². The van der Waals surface area contributed by atoms with E-state index < -0.39 is 17.8 Å². The Balaban J connectivity index is 1.67. The number of carboxylic acid groups (broad SMARTS) is 1. The van der Waals surface area contributed by atoms with Gasteiger partial charge in [-0.25, -0.2) is 4.79 Å². The molecule has 0 unspecified atom stereocenters. The van der Waals surface area contributed by atoms with Crippen molar-refractivity contribution in [1.29, 1.82) is 0 Å². The number of nitrogens with zero attached hydrogens (tertiary/aromatic N) is 1. The van der Waals surface area contributed by atoms with Crippen molar-refractivity contribution in [1.82, 2.24) is 0 Å². The number of amides is 2. The summed E-state index contributed by atoms with van der Waals surface area (Å²) in [7, 11) is 0. The molecule has 1 heterocycles. The fraction of sp³-hybridized carbons (Fsp3) is 0.353. The molecule has 0 saturated carbocycles. The number of ether oxygens (including phenoxy) is 1. The van der Waals surface area contributed by atoms with Crippen molar-refractivity contribution in [2.75, 3.05) is 23.4 Å². The fourth-order valence-electron chi connectivity index (χ4n) is 2.96. The molecule has 2 amide bonds. The number of benzene rings is 1. The molecule has 0 spiro atoms. The van der Waals surface area contributed by atoms with E-state index in [1.807, 2.05) is 6.08 Å². The number of rotatable bonds is 4. The summed E-state index contributed by atoms with van der Waals surface area (Å²) in [6.07, 6.45) is 4.03. The Kier molecular flexibility index (Phi) is 4.50. The summed E-state index contributed by atoms with van der Waals surface area (Å²) in [5.74, 6) is -2.54. The molecular formula is C17H18N2O5. The van der Waals surface area contributed by atoms with Gasteiger partial charge in [0.1, 0.15) is 6.61 Å². The van der Waals surface area contributed by atoms with Crippen LogP contribution >= 0.6 is 0 Å². The van der Waals surface area contributed by atoms with Gasteiger partial charge in [-0.15, -0.1) is 0 Å². The van der Waals surface area contributed by atoms with E-state index in [-0.39, 0.29) is 12.0 Å². The molecule has 1 saturated heterocycles. The van der Waals surface area contributed by atoms with Crippen LogP contribution in [0.3, 0.4) is 0 Å². The lowest BCUT2D eigenvalue weighted by molar-refractivity contribution is -0.146. The first-order valence-corrected chi connectivity index (χ1v) is 7.79. The van der Waals surface area contributed by atoms with Crippen LogP contribution in [0.5, 0.6) is 0 Å². The van der Waals surface area contributed by atoms with E-state index in [0.29, 0.717) is 37.4 Å². The highest BCUT2D eigenvalue weighted by Crippen LogP contribution is 2.28. The first-order valence-electron chi connectivity index (χ1n) is 7.79. The quantitative estimate of drug-likeness (QED) is 0.826. The van der Waals surface area contributed by atoms with Gasteiger partial charge < -0.3 is 15.2 Å². The molecule has 126 valence electrons. The SMILES string of the molecule is O=C(O)[C@H]1CC=CC[C@@H]1C(=O)Nc1ccc(N2CCOC2=O)cc1. The second kappa shape index (κ2) is 6.74. The normalized spacial score (nSPS) is 23.0. The molecule has 0 aromatic heterocycles. The third kappa shape index (κ3) is 3.24. The number of aliphatic carboxylic acids is 1. The van der Waals surface area contributed by atoms with Gasteiger partial charge in [0.2, 0.25) is 5.91 Å².